The lowest BCUT2D eigenvalue weighted by molar-refractivity contribution is 0.122. The molecule has 2 fully saturated rings. The average molecular weight is 353 g/mol. The Morgan fingerprint density at radius 3 is 2.00 bits per heavy atom. The summed E-state index contributed by atoms with van der Waals surface area (Å²) >= 11 is 0. The van der Waals surface area contributed by atoms with Crippen LogP contribution >= 0.6 is 0 Å². The van der Waals surface area contributed by atoms with E-state index in [1.165, 1.54) is 11.3 Å². The van der Waals surface area contributed by atoms with Gasteiger partial charge in [-0.3, -0.25) is 0 Å². The molecule has 0 amide bonds. The van der Waals surface area contributed by atoms with Crippen LogP contribution in [0.3, 0.4) is 0 Å². The van der Waals surface area contributed by atoms with Gasteiger partial charge >= 0.3 is 0 Å². The van der Waals surface area contributed by atoms with E-state index in [4.69, 9.17) is 4.74 Å². The standard InChI is InChI=1S/C20H27N5O/c1-2-17-3-5-18(6-4-17)23-7-9-24(10-8-23)19-15-20(22-16-21-19)25-11-13-26-14-12-25/h3-6,15-16H,2,7-14H2,1H3. The number of ether oxygens (including phenoxy) is 1. The molecule has 0 aliphatic carbocycles. The number of piperazine rings is 1. The molecule has 1 aromatic heterocycles. The average Bonchev–Trinajstić information content (AvgIpc) is 2.75. The molecular weight excluding hydrogens is 326 g/mol. The third kappa shape index (κ3) is 3.75. The molecule has 2 aliphatic heterocycles. The SMILES string of the molecule is CCc1ccc(N2CCN(c3cc(N4CCOCC4)ncn3)CC2)cc1. The maximum Gasteiger partial charge on any atom is 0.134 e. The fourth-order valence-electron chi connectivity index (χ4n) is 3.61. The molecule has 6 heteroatoms. The van der Waals surface area contributed by atoms with Crippen LogP contribution in [0.4, 0.5) is 17.3 Å². The lowest BCUT2D eigenvalue weighted by Gasteiger charge is -2.37. The molecule has 2 aliphatic rings. The molecule has 0 saturated carbocycles. The number of benzene rings is 1. The van der Waals surface area contributed by atoms with Gasteiger partial charge in [0, 0.05) is 51.0 Å². The third-order valence-corrected chi connectivity index (χ3v) is 5.29. The molecular formula is C20H27N5O. The maximum absolute atomic E-state index is 5.44. The van der Waals surface area contributed by atoms with Gasteiger partial charge in [-0.1, -0.05) is 19.1 Å². The Labute approximate surface area is 155 Å². The third-order valence-electron chi connectivity index (χ3n) is 5.29. The second-order valence-corrected chi connectivity index (χ2v) is 6.83. The maximum atomic E-state index is 5.44. The van der Waals surface area contributed by atoms with E-state index in [2.05, 4.69) is 61.9 Å². The molecule has 0 bridgehead atoms. The van der Waals surface area contributed by atoms with Gasteiger partial charge in [-0.25, -0.2) is 9.97 Å². The van der Waals surface area contributed by atoms with Crippen LogP contribution in [0.1, 0.15) is 12.5 Å². The van der Waals surface area contributed by atoms with Crippen molar-refractivity contribution in [2.75, 3.05) is 67.2 Å². The highest BCUT2D eigenvalue weighted by Gasteiger charge is 2.20. The zero-order chi connectivity index (χ0) is 17.8. The van der Waals surface area contributed by atoms with E-state index in [1.807, 2.05) is 0 Å². The molecule has 4 rings (SSSR count). The Hall–Kier alpha value is -2.34. The molecule has 0 radical (unpaired) electrons. The van der Waals surface area contributed by atoms with Crippen molar-refractivity contribution in [1.29, 1.82) is 0 Å². The predicted octanol–water partition coefficient (Wildman–Crippen LogP) is 2.20. The molecule has 1 aromatic carbocycles. The smallest absolute Gasteiger partial charge is 0.134 e. The number of hydrogen-bond donors (Lipinski definition) is 0. The summed E-state index contributed by atoms with van der Waals surface area (Å²) in [4.78, 5) is 16.1. The molecule has 0 atom stereocenters. The minimum Gasteiger partial charge on any atom is -0.378 e. The van der Waals surface area contributed by atoms with Crippen molar-refractivity contribution in [3.8, 4) is 0 Å². The summed E-state index contributed by atoms with van der Waals surface area (Å²) in [6.07, 6.45) is 2.78. The zero-order valence-electron chi connectivity index (χ0n) is 15.5. The first-order valence-corrected chi connectivity index (χ1v) is 9.57. The first-order chi connectivity index (χ1) is 12.8. The van der Waals surface area contributed by atoms with Gasteiger partial charge in [0.05, 0.1) is 13.2 Å². The minimum atomic E-state index is 0.773. The van der Waals surface area contributed by atoms with E-state index in [0.717, 1.165) is 70.5 Å². The molecule has 26 heavy (non-hydrogen) atoms. The van der Waals surface area contributed by atoms with Crippen LogP contribution in [0.5, 0.6) is 0 Å². The highest BCUT2D eigenvalue weighted by Crippen LogP contribution is 2.22. The normalized spacial score (nSPS) is 18.3. The Kier molecular flexibility index (Phi) is 5.20. The molecule has 3 heterocycles. The molecule has 0 spiro atoms. The van der Waals surface area contributed by atoms with Gasteiger partial charge < -0.3 is 19.4 Å². The molecule has 0 unspecified atom stereocenters. The Morgan fingerprint density at radius 2 is 1.38 bits per heavy atom. The predicted molar refractivity (Wildman–Crippen MR) is 105 cm³/mol. The second-order valence-electron chi connectivity index (χ2n) is 6.83. The lowest BCUT2D eigenvalue weighted by atomic mass is 10.1. The van der Waals surface area contributed by atoms with Crippen molar-refractivity contribution in [3.05, 3.63) is 42.2 Å². The first kappa shape index (κ1) is 17.1. The fraction of sp³-hybridized carbons (Fsp3) is 0.500. The minimum absolute atomic E-state index is 0.773. The topological polar surface area (TPSA) is 44.7 Å². The summed E-state index contributed by atoms with van der Waals surface area (Å²) < 4.78 is 5.44. The van der Waals surface area contributed by atoms with Gasteiger partial charge in [0.15, 0.2) is 0 Å². The van der Waals surface area contributed by atoms with Crippen molar-refractivity contribution < 1.29 is 4.74 Å². The highest BCUT2D eigenvalue weighted by molar-refractivity contribution is 5.53. The van der Waals surface area contributed by atoms with Crippen molar-refractivity contribution in [3.63, 3.8) is 0 Å². The van der Waals surface area contributed by atoms with Gasteiger partial charge in [0.1, 0.15) is 18.0 Å². The molecule has 138 valence electrons. The van der Waals surface area contributed by atoms with Crippen LogP contribution in [0.2, 0.25) is 0 Å². The van der Waals surface area contributed by atoms with E-state index < -0.39 is 0 Å². The lowest BCUT2D eigenvalue weighted by Crippen LogP contribution is -2.47. The number of rotatable bonds is 4. The summed E-state index contributed by atoms with van der Waals surface area (Å²) in [5, 5.41) is 0. The highest BCUT2D eigenvalue weighted by atomic mass is 16.5. The van der Waals surface area contributed by atoms with Crippen LogP contribution < -0.4 is 14.7 Å². The van der Waals surface area contributed by atoms with Crippen LogP contribution in [0.25, 0.3) is 0 Å². The summed E-state index contributed by atoms with van der Waals surface area (Å²) in [5.74, 6) is 2.04. The van der Waals surface area contributed by atoms with E-state index >= 15 is 0 Å². The van der Waals surface area contributed by atoms with Crippen LogP contribution in [0.15, 0.2) is 36.7 Å². The number of nitrogens with zero attached hydrogens (tertiary/aromatic N) is 5. The largest absolute Gasteiger partial charge is 0.378 e. The van der Waals surface area contributed by atoms with Gasteiger partial charge in [0.2, 0.25) is 0 Å². The van der Waals surface area contributed by atoms with Crippen molar-refractivity contribution in [2.24, 2.45) is 0 Å². The number of morpholine rings is 1. The number of aryl methyl sites for hydroxylation is 1. The van der Waals surface area contributed by atoms with Crippen LogP contribution in [0, 0.1) is 0 Å². The Bertz CT molecular complexity index is 706. The Balaban J connectivity index is 1.39. The van der Waals surface area contributed by atoms with Crippen molar-refractivity contribution in [2.45, 2.75) is 13.3 Å². The zero-order valence-corrected chi connectivity index (χ0v) is 15.5. The van der Waals surface area contributed by atoms with Crippen LogP contribution in [-0.4, -0.2) is 62.5 Å². The molecule has 2 saturated heterocycles. The summed E-state index contributed by atoms with van der Waals surface area (Å²) in [6, 6.07) is 11.1. The number of aromatic nitrogens is 2. The first-order valence-electron chi connectivity index (χ1n) is 9.57. The molecule has 2 aromatic rings. The monoisotopic (exact) mass is 353 g/mol. The summed E-state index contributed by atoms with van der Waals surface area (Å²) in [7, 11) is 0. The van der Waals surface area contributed by atoms with E-state index in [1.54, 1.807) is 6.33 Å². The molecule has 0 N–H and O–H groups in total. The van der Waals surface area contributed by atoms with Gasteiger partial charge in [-0.15, -0.1) is 0 Å². The summed E-state index contributed by atoms with van der Waals surface area (Å²) in [5.41, 5.74) is 2.71. The van der Waals surface area contributed by atoms with Crippen LogP contribution in [-0.2, 0) is 11.2 Å². The van der Waals surface area contributed by atoms with E-state index in [9.17, 15) is 0 Å². The second kappa shape index (κ2) is 7.91. The van der Waals surface area contributed by atoms with Gasteiger partial charge in [-0.2, -0.15) is 0 Å². The van der Waals surface area contributed by atoms with E-state index in [0.29, 0.717) is 0 Å². The van der Waals surface area contributed by atoms with Crippen molar-refractivity contribution >= 4 is 17.3 Å². The quantitative estimate of drug-likeness (QED) is 0.840. The number of hydrogen-bond acceptors (Lipinski definition) is 6. The van der Waals surface area contributed by atoms with E-state index in [-0.39, 0.29) is 0 Å². The summed E-state index contributed by atoms with van der Waals surface area (Å²) in [6.45, 7) is 9.54. The van der Waals surface area contributed by atoms with Crippen molar-refractivity contribution in [1.82, 2.24) is 9.97 Å². The fourth-order valence-corrected chi connectivity index (χ4v) is 3.61. The van der Waals surface area contributed by atoms with Gasteiger partial charge in [0.25, 0.3) is 0 Å². The Morgan fingerprint density at radius 1 is 0.808 bits per heavy atom. The number of anilines is 3. The molecule has 6 nitrogen and oxygen atoms in total. The van der Waals surface area contributed by atoms with Gasteiger partial charge in [-0.05, 0) is 24.1 Å².